The van der Waals surface area contributed by atoms with Gasteiger partial charge < -0.3 is 20.1 Å². The molecule has 0 amide bonds. The van der Waals surface area contributed by atoms with E-state index in [1.807, 2.05) is 18.2 Å². The number of anilines is 1. The van der Waals surface area contributed by atoms with Crippen LogP contribution in [0.1, 0.15) is 35.8 Å². The van der Waals surface area contributed by atoms with Gasteiger partial charge in [0.2, 0.25) is 0 Å². The standard InChI is InChI=1S/C23H25ClN4O2/c1-28-10-4-7-15(28)12-30-23-26-19-11-20(29-13-17(19)22(25)27-23)16-8-2-5-14-6-3-9-18(24)21(14)16/h2-3,5-6,8-9,15,20H,4,7,10-13H2,1H3,(H2,25,26,27)/t15-,20?/m0/s1. The second-order valence-electron chi connectivity index (χ2n) is 8.09. The number of fused-ring (bicyclic) bond motifs is 2. The molecule has 156 valence electrons. The van der Waals surface area contributed by atoms with Crippen LogP contribution in [0.3, 0.4) is 0 Å². The molecule has 6 nitrogen and oxygen atoms in total. The molecule has 2 aliphatic rings. The quantitative estimate of drug-likeness (QED) is 0.678. The Hall–Kier alpha value is -2.41. The molecule has 3 aromatic rings. The normalized spacial score (nSPS) is 21.7. The maximum absolute atomic E-state index is 6.52. The van der Waals surface area contributed by atoms with Gasteiger partial charge in [0.05, 0.1) is 18.4 Å². The van der Waals surface area contributed by atoms with Gasteiger partial charge in [-0.1, -0.05) is 41.9 Å². The van der Waals surface area contributed by atoms with Gasteiger partial charge in [0.1, 0.15) is 12.4 Å². The highest BCUT2D eigenvalue weighted by molar-refractivity contribution is 6.35. The lowest BCUT2D eigenvalue weighted by Gasteiger charge is -2.27. The smallest absolute Gasteiger partial charge is 0.318 e. The van der Waals surface area contributed by atoms with E-state index < -0.39 is 0 Å². The van der Waals surface area contributed by atoms with Gasteiger partial charge in [-0.2, -0.15) is 9.97 Å². The van der Waals surface area contributed by atoms with Crippen LogP contribution in [-0.4, -0.2) is 41.1 Å². The zero-order chi connectivity index (χ0) is 20.7. The molecule has 0 bridgehead atoms. The Kier molecular flexibility index (Phi) is 5.23. The van der Waals surface area contributed by atoms with Crippen LogP contribution in [0.15, 0.2) is 36.4 Å². The first-order valence-corrected chi connectivity index (χ1v) is 10.7. The van der Waals surface area contributed by atoms with Crippen LogP contribution in [0.4, 0.5) is 5.82 Å². The largest absolute Gasteiger partial charge is 0.462 e. The molecular weight excluding hydrogens is 400 g/mol. The number of hydrogen-bond donors (Lipinski definition) is 1. The Morgan fingerprint density at radius 1 is 1.23 bits per heavy atom. The third kappa shape index (κ3) is 3.60. The van der Waals surface area contributed by atoms with Crippen LogP contribution in [0.25, 0.3) is 10.8 Å². The summed E-state index contributed by atoms with van der Waals surface area (Å²) in [5, 5.41) is 2.85. The van der Waals surface area contributed by atoms with Gasteiger partial charge in [0.25, 0.3) is 0 Å². The molecule has 30 heavy (non-hydrogen) atoms. The Bertz CT molecular complexity index is 1080. The topological polar surface area (TPSA) is 73.5 Å². The SMILES string of the molecule is CN1CCC[C@H]1COc1nc(N)c2c(n1)CC(c1cccc3cccc(Cl)c13)OC2. The molecule has 2 aliphatic heterocycles. The number of ether oxygens (including phenoxy) is 2. The number of likely N-dealkylation sites (tertiary alicyclic amines) is 1. The zero-order valence-corrected chi connectivity index (χ0v) is 17.7. The van der Waals surface area contributed by atoms with E-state index in [1.54, 1.807) is 0 Å². The first kappa shape index (κ1) is 19.5. The number of aromatic nitrogens is 2. The second kappa shape index (κ2) is 8.02. The van der Waals surface area contributed by atoms with Crippen molar-refractivity contribution in [2.45, 2.75) is 38.0 Å². The van der Waals surface area contributed by atoms with E-state index in [0.29, 0.717) is 37.5 Å². The van der Waals surface area contributed by atoms with E-state index in [0.717, 1.165) is 45.6 Å². The van der Waals surface area contributed by atoms with Crippen molar-refractivity contribution in [3.05, 3.63) is 58.2 Å². The van der Waals surface area contributed by atoms with Crippen molar-refractivity contribution < 1.29 is 9.47 Å². The average molecular weight is 425 g/mol. The predicted molar refractivity (Wildman–Crippen MR) is 118 cm³/mol. The fraction of sp³-hybridized carbons (Fsp3) is 0.391. The number of halogens is 1. The molecule has 2 aromatic carbocycles. The van der Waals surface area contributed by atoms with Crippen molar-refractivity contribution in [1.82, 2.24) is 14.9 Å². The monoisotopic (exact) mass is 424 g/mol. The molecule has 7 heteroatoms. The lowest BCUT2D eigenvalue weighted by atomic mass is 9.95. The minimum absolute atomic E-state index is 0.149. The van der Waals surface area contributed by atoms with Crippen LogP contribution in [-0.2, 0) is 17.8 Å². The lowest BCUT2D eigenvalue weighted by molar-refractivity contribution is 0.0267. The zero-order valence-electron chi connectivity index (χ0n) is 17.0. The molecule has 0 spiro atoms. The molecular formula is C23H25ClN4O2. The molecule has 0 saturated carbocycles. The number of likely N-dealkylation sites (N-methyl/N-ethyl adjacent to an activating group) is 1. The molecule has 1 saturated heterocycles. The van der Waals surface area contributed by atoms with Crippen LogP contribution in [0, 0.1) is 0 Å². The molecule has 5 rings (SSSR count). The Morgan fingerprint density at radius 3 is 2.87 bits per heavy atom. The molecule has 1 unspecified atom stereocenters. The van der Waals surface area contributed by atoms with Gasteiger partial charge in [0.15, 0.2) is 0 Å². The van der Waals surface area contributed by atoms with Crippen molar-refractivity contribution in [2.24, 2.45) is 0 Å². The minimum Gasteiger partial charge on any atom is -0.462 e. The number of nitrogens with two attached hydrogens (primary N) is 1. The van der Waals surface area contributed by atoms with Gasteiger partial charge in [-0.25, -0.2) is 0 Å². The van der Waals surface area contributed by atoms with E-state index >= 15 is 0 Å². The minimum atomic E-state index is -0.149. The molecule has 2 N–H and O–H groups in total. The first-order chi connectivity index (χ1) is 14.6. The molecule has 3 heterocycles. The third-order valence-corrected chi connectivity index (χ3v) is 6.54. The Morgan fingerprint density at radius 2 is 2.07 bits per heavy atom. The van der Waals surface area contributed by atoms with Crippen molar-refractivity contribution in [3.8, 4) is 6.01 Å². The van der Waals surface area contributed by atoms with Crippen LogP contribution < -0.4 is 10.5 Å². The number of rotatable bonds is 4. The highest BCUT2D eigenvalue weighted by Gasteiger charge is 2.28. The highest BCUT2D eigenvalue weighted by atomic mass is 35.5. The van der Waals surface area contributed by atoms with E-state index in [4.69, 9.17) is 31.8 Å². The summed E-state index contributed by atoms with van der Waals surface area (Å²) >= 11 is 6.52. The molecule has 0 aliphatic carbocycles. The van der Waals surface area contributed by atoms with E-state index in [2.05, 4.69) is 35.1 Å². The summed E-state index contributed by atoms with van der Waals surface area (Å²) < 4.78 is 12.1. The van der Waals surface area contributed by atoms with Gasteiger partial charge >= 0.3 is 6.01 Å². The summed E-state index contributed by atoms with van der Waals surface area (Å²) in [6.45, 7) is 2.06. The van der Waals surface area contributed by atoms with E-state index in [-0.39, 0.29) is 6.10 Å². The van der Waals surface area contributed by atoms with Crippen molar-refractivity contribution in [1.29, 1.82) is 0 Å². The van der Waals surface area contributed by atoms with Crippen molar-refractivity contribution >= 4 is 28.2 Å². The number of hydrogen-bond acceptors (Lipinski definition) is 6. The summed E-state index contributed by atoms with van der Waals surface area (Å²) in [4.78, 5) is 11.4. The number of nitrogen functional groups attached to an aromatic ring is 1. The van der Waals surface area contributed by atoms with Gasteiger partial charge in [0, 0.05) is 28.4 Å². The molecule has 0 radical (unpaired) electrons. The fourth-order valence-corrected chi connectivity index (χ4v) is 4.78. The number of nitrogens with zero attached hydrogens (tertiary/aromatic N) is 3. The maximum atomic E-state index is 6.52. The fourth-order valence-electron chi connectivity index (χ4n) is 4.49. The first-order valence-electron chi connectivity index (χ1n) is 10.4. The Balaban J connectivity index is 1.41. The summed E-state index contributed by atoms with van der Waals surface area (Å²) in [5.74, 6) is 0.434. The molecule has 2 atom stereocenters. The van der Waals surface area contributed by atoms with Gasteiger partial charge in [-0.3, -0.25) is 0 Å². The summed E-state index contributed by atoms with van der Waals surface area (Å²) in [5.41, 5.74) is 9.01. The summed E-state index contributed by atoms with van der Waals surface area (Å²) in [6.07, 6.45) is 2.79. The maximum Gasteiger partial charge on any atom is 0.318 e. The van der Waals surface area contributed by atoms with Gasteiger partial charge in [-0.05, 0) is 43.5 Å². The Labute approximate surface area is 181 Å². The lowest BCUT2D eigenvalue weighted by Crippen LogP contribution is -2.31. The summed E-state index contributed by atoms with van der Waals surface area (Å²) in [6, 6.07) is 12.9. The highest BCUT2D eigenvalue weighted by Crippen LogP contribution is 2.37. The molecule has 1 fully saturated rings. The average Bonchev–Trinajstić information content (AvgIpc) is 3.16. The number of benzene rings is 2. The van der Waals surface area contributed by atoms with Crippen molar-refractivity contribution in [3.63, 3.8) is 0 Å². The van der Waals surface area contributed by atoms with Gasteiger partial charge in [-0.15, -0.1) is 0 Å². The third-order valence-electron chi connectivity index (χ3n) is 6.22. The predicted octanol–water partition coefficient (Wildman–Crippen LogP) is 4.15. The summed E-state index contributed by atoms with van der Waals surface area (Å²) in [7, 11) is 2.13. The second-order valence-corrected chi connectivity index (χ2v) is 8.50. The molecule has 1 aromatic heterocycles. The van der Waals surface area contributed by atoms with E-state index in [9.17, 15) is 0 Å². The van der Waals surface area contributed by atoms with E-state index in [1.165, 1.54) is 6.42 Å². The van der Waals surface area contributed by atoms with Crippen LogP contribution in [0.5, 0.6) is 6.01 Å². The van der Waals surface area contributed by atoms with Crippen LogP contribution in [0.2, 0.25) is 5.02 Å². The van der Waals surface area contributed by atoms with Crippen LogP contribution >= 0.6 is 11.6 Å². The van der Waals surface area contributed by atoms with Crippen molar-refractivity contribution in [2.75, 3.05) is 25.9 Å².